The Kier molecular flexibility index (Phi) is 9.22. The van der Waals surface area contributed by atoms with Crippen molar-refractivity contribution in [2.24, 2.45) is 11.7 Å². The lowest BCUT2D eigenvalue weighted by atomic mass is 10.5. The molecule has 2 amide bonds. The van der Waals surface area contributed by atoms with Crippen molar-refractivity contribution >= 4 is 18.0 Å². The zero-order valence-electron chi connectivity index (χ0n) is 6.93. The van der Waals surface area contributed by atoms with Gasteiger partial charge >= 0.3 is 18.0 Å². The van der Waals surface area contributed by atoms with E-state index < -0.39 is 18.0 Å². The van der Waals surface area contributed by atoms with Gasteiger partial charge in [0.2, 0.25) is 0 Å². The van der Waals surface area contributed by atoms with Gasteiger partial charge in [0, 0.05) is 12.2 Å². The normalized spacial score (nSPS) is 8.43. The molecule has 80 valence electrons. The molecule has 0 spiro atoms. The molecule has 0 aromatic heterocycles. The number of urea groups is 1. The average Bonchev–Trinajstić information content (AvgIpc) is 2.14. The van der Waals surface area contributed by atoms with E-state index in [1.54, 1.807) is 10.9 Å². The number of amides is 2. The quantitative estimate of drug-likeness (QED) is 0.128. The zero-order valence-corrected chi connectivity index (χ0v) is 6.93. The van der Waals surface area contributed by atoms with Crippen LogP contribution in [0.5, 0.6) is 0 Å². The fraction of sp³-hybridized carbons (Fsp3) is 0. The highest BCUT2D eigenvalue weighted by Crippen LogP contribution is 1.70. The van der Waals surface area contributed by atoms with Gasteiger partial charge in [-0.15, -0.1) is 0 Å². The van der Waals surface area contributed by atoms with E-state index in [9.17, 15) is 14.4 Å². The summed E-state index contributed by atoms with van der Waals surface area (Å²) in [6, 6.07) is -0.602. The maximum absolute atomic E-state index is 9.71. The van der Waals surface area contributed by atoms with Crippen molar-refractivity contribution in [1.82, 2.24) is 10.9 Å². The predicted molar refractivity (Wildman–Crippen MR) is 44.5 cm³/mol. The van der Waals surface area contributed by atoms with Gasteiger partial charge in [-0.05, 0) is 0 Å². The summed E-state index contributed by atoms with van der Waals surface area (Å²) in [5.41, 5.74) is 3.48. The zero-order chi connectivity index (χ0) is 11.6. The second-order valence-corrected chi connectivity index (χ2v) is 1.63. The third kappa shape index (κ3) is 16.5. The van der Waals surface area contributed by atoms with Crippen LogP contribution >= 0.6 is 0 Å². The highest BCUT2D eigenvalue weighted by atomic mass is 16.4. The molecule has 14 heavy (non-hydrogen) atoms. The largest absolute Gasteiger partial charge is 0.478 e. The molecule has 9 nitrogen and oxygen atoms in total. The van der Waals surface area contributed by atoms with E-state index in [0.717, 1.165) is 0 Å². The van der Waals surface area contributed by atoms with Crippen LogP contribution in [0.15, 0.2) is 12.2 Å². The van der Waals surface area contributed by atoms with Crippen LogP contribution in [0, 0.1) is 0 Å². The number of carbonyl (C=O) groups excluding carboxylic acids is 1. The van der Waals surface area contributed by atoms with Gasteiger partial charge in [-0.1, -0.05) is 0 Å². The first-order valence-electron chi connectivity index (χ1n) is 3.05. The van der Waals surface area contributed by atoms with Crippen molar-refractivity contribution in [3.8, 4) is 0 Å². The number of nitrogens with one attached hydrogen (secondary N) is 2. The highest BCUT2D eigenvalue weighted by Gasteiger charge is 1.88. The maximum Gasteiger partial charge on any atom is 0.343 e. The summed E-state index contributed by atoms with van der Waals surface area (Å²) in [6.07, 6.45) is 1.12. The maximum atomic E-state index is 9.71. The molecule has 0 aromatic carbocycles. The van der Waals surface area contributed by atoms with Crippen LogP contribution in [0.4, 0.5) is 4.79 Å². The van der Waals surface area contributed by atoms with Crippen LogP contribution in [-0.4, -0.2) is 28.2 Å². The lowest BCUT2D eigenvalue weighted by Gasteiger charge is -1.90. The lowest BCUT2D eigenvalue weighted by Crippen LogP contribution is -2.43. The van der Waals surface area contributed by atoms with Crippen LogP contribution in [-0.2, 0) is 9.59 Å². The van der Waals surface area contributed by atoms with Crippen molar-refractivity contribution in [2.75, 3.05) is 0 Å². The van der Waals surface area contributed by atoms with Gasteiger partial charge in [0.15, 0.2) is 0 Å². The average molecular weight is 206 g/mol. The van der Waals surface area contributed by atoms with E-state index in [1.165, 1.54) is 0 Å². The topological polar surface area (TPSA) is 168 Å². The molecule has 0 saturated carbocycles. The first kappa shape index (κ1) is 14.4. The van der Waals surface area contributed by atoms with Gasteiger partial charge in [0.05, 0.1) is 0 Å². The number of hydrogen-bond donors (Lipinski definition) is 6. The molecule has 0 aromatic rings. The molecule has 0 unspecified atom stereocenters. The fourth-order valence-electron chi connectivity index (χ4n) is 0.184. The number of hydrazine groups is 2. The monoisotopic (exact) mass is 206 g/mol. The van der Waals surface area contributed by atoms with Gasteiger partial charge < -0.3 is 10.2 Å². The summed E-state index contributed by atoms with van der Waals surface area (Å²) >= 11 is 0. The van der Waals surface area contributed by atoms with Gasteiger partial charge in [-0.3, -0.25) is 10.9 Å². The van der Waals surface area contributed by atoms with E-state index >= 15 is 0 Å². The Labute approximate surface area is 78.3 Å². The minimum Gasteiger partial charge on any atom is -0.478 e. The van der Waals surface area contributed by atoms with Crippen LogP contribution in [0.1, 0.15) is 0 Å². The summed E-state index contributed by atoms with van der Waals surface area (Å²) < 4.78 is 0. The minimum absolute atomic E-state index is 0.558. The van der Waals surface area contributed by atoms with Gasteiger partial charge in [0.1, 0.15) is 0 Å². The fourth-order valence-corrected chi connectivity index (χ4v) is 0.184. The molecule has 8 N–H and O–H groups in total. The van der Waals surface area contributed by atoms with E-state index in [2.05, 4.69) is 11.7 Å². The number of hydrogen-bond acceptors (Lipinski definition) is 5. The molecule has 0 atom stereocenters. The first-order chi connectivity index (χ1) is 6.43. The molecule has 0 bridgehead atoms. The summed E-state index contributed by atoms with van der Waals surface area (Å²) in [7, 11) is 0. The van der Waals surface area contributed by atoms with Crippen LogP contribution in [0.2, 0.25) is 0 Å². The first-order valence-corrected chi connectivity index (χ1v) is 3.05. The number of carbonyl (C=O) groups is 3. The third-order valence-electron chi connectivity index (χ3n) is 0.631. The molecule has 0 heterocycles. The Hall–Kier alpha value is -2.13. The second-order valence-electron chi connectivity index (χ2n) is 1.63. The smallest absolute Gasteiger partial charge is 0.343 e. The molecule has 9 heteroatoms. The van der Waals surface area contributed by atoms with Crippen molar-refractivity contribution in [3.63, 3.8) is 0 Å². The lowest BCUT2D eigenvalue weighted by molar-refractivity contribution is -0.134. The van der Waals surface area contributed by atoms with Crippen molar-refractivity contribution in [3.05, 3.63) is 12.2 Å². The van der Waals surface area contributed by atoms with Crippen LogP contribution < -0.4 is 22.5 Å². The molecule has 0 rings (SSSR count). The SMILES string of the molecule is NNC(=O)NN.O=C(O)/C=C\C(=O)O. The Balaban J connectivity index is 0. The van der Waals surface area contributed by atoms with Crippen molar-refractivity contribution < 1.29 is 24.6 Å². The van der Waals surface area contributed by atoms with Crippen LogP contribution in [0.3, 0.4) is 0 Å². The number of nitrogens with two attached hydrogens (primary N) is 2. The Morgan fingerprint density at radius 2 is 1.21 bits per heavy atom. The summed E-state index contributed by atoms with van der Waals surface area (Å²) in [4.78, 5) is 28.8. The Morgan fingerprint density at radius 3 is 1.29 bits per heavy atom. The van der Waals surface area contributed by atoms with E-state index in [4.69, 9.17) is 10.2 Å². The summed E-state index contributed by atoms with van der Waals surface area (Å²) in [5, 5.41) is 15.6. The molecule has 0 saturated heterocycles. The molecule has 0 aliphatic rings. The van der Waals surface area contributed by atoms with Gasteiger partial charge in [-0.2, -0.15) is 0 Å². The van der Waals surface area contributed by atoms with Gasteiger partial charge in [0.25, 0.3) is 0 Å². The number of rotatable bonds is 2. The number of aliphatic carboxylic acids is 2. The van der Waals surface area contributed by atoms with Gasteiger partial charge in [-0.25, -0.2) is 26.1 Å². The van der Waals surface area contributed by atoms with Crippen LogP contribution in [0.25, 0.3) is 0 Å². The van der Waals surface area contributed by atoms with Crippen molar-refractivity contribution in [1.29, 1.82) is 0 Å². The molecule has 0 aliphatic carbocycles. The standard InChI is InChI=1S/C4H4O4.CH6N4O/c5-3(6)1-2-4(7)8;2-4-1(6)5-3/h1-2H,(H,5,6)(H,7,8);2-3H2,(H2,4,5,6)/b2-1-;. The molecular formula is C5H10N4O5. The molecule has 0 radical (unpaired) electrons. The number of carboxylic acids is 2. The summed E-state index contributed by atoms with van der Waals surface area (Å²) in [5.74, 6) is 6.57. The third-order valence-corrected chi connectivity index (χ3v) is 0.631. The van der Waals surface area contributed by atoms with E-state index in [0.29, 0.717) is 12.2 Å². The minimum atomic E-state index is -1.26. The molecular weight excluding hydrogens is 196 g/mol. The highest BCUT2D eigenvalue weighted by molar-refractivity contribution is 5.89. The number of carboxylic acid groups (broad SMARTS) is 2. The molecule has 0 aliphatic heterocycles. The Morgan fingerprint density at radius 1 is 0.929 bits per heavy atom. The van der Waals surface area contributed by atoms with E-state index in [1.807, 2.05) is 0 Å². The Bertz CT molecular complexity index is 216. The predicted octanol–water partition coefficient (Wildman–Crippen LogP) is -2.26. The van der Waals surface area contributed by atoms with Crippen molar-refractivity contribution in [2.45, 2.75) is 0 Å². The molecule has 0 fully saturated rings. The second kappa shape index (κ2) is 8.96. The summed E-state index contributed by atoms with van der Waals surface area (Å²) in [6.45, 7) is 0. The van der Waals surface area contributed by atoms with E-state index in [-0.39, 0.29) is 0 Å².